The molecule has 1 fully saturated rings. The highest BCUT2D eigenvalue weighted by Crippen LogP contribution is 2.38. The number of hydrogen-bond donors (Lipinski definition) is 0. The molecule has 1 aliphatic rings. The maximum absolute atomic E-state index is 2.36. The second-order valence-corrected chi connectivity index (χ2v) is 11.7. The molecule has 0 aliphatic heterocycles. The summed E-state index contributed by atoms with van der Waals surface area (Å²) in [5.41, 5.74) is 12.3. The normalized spacial score (nSPS) is 13.5. The first-order chi connectivity index (χ1) is 21.3. The van der Waals surface area contributed by atoms with Crippen LogP contribution in [0, 0.1) is 0 Å². The van der Waals surface area contributed by atoms with E-state index in [-0.39, 0.29) is 0 Å². The minimum absolute atomic E-state index is 0.736. The quantitative estimate of drug-likeness (QED) is 0.189. The van der Waals surface area contributed by atoms with Gasteiger partial charge in [0.2, 0.25) is 0 Å². The van der Waals surface area contributed by atoms with E-state index in [0.29, 0.717) is 0 Å². The van der Waals surface area contributed by atoms with Crippen molar-refractivity contribution < 1.29 is 0 Å². The predicted molar refractivity (Wildman–Crippen MR) is 183 cm³/mol. The van der Waals surface area contributed by atoms with Crippen molar-refractivity contribution in [2.24, 2.45) is 0 Å². The molecule has 0 unspecified atom stereocenters. The fraction of sp³-hybridized carbons (Fsp3) is 0.143. The Hall–Kier alpha value is -4.88. The molecule has 0 spiro atoms. The van der Waals surface area contributed by atoms with E-state index in [2.05, 4.69) is 163 Å². The predicted octanol–water partition coefficient (Wildman–Crippen LogP) is 12.2. The minimum Gasteiger partial charge on any atom is -0.311 e. The van der Waals surface area contributed by atoms with Gasteiger partial charge in [0.1, 0.15) is 0 Å². The van der Waals surface area contributed by atoms with E-state index < -0.39 is 0 Å². The summed E-state index contributed by atoms with van der Waals surface area (Å²) in [6.07, 6.45) is 6.81. The first-order valence-electron chi connectivity index (χ1n) is 15.6. The van der Waals surface area contributed by atoms with E-state index in [1.54, 1.807) is 0 Å². The molecule has 1 nitrogen and oxygen atoms in total. The standard InChI is InChI=1S/C42H37N/c1-4-10-32(11-5-1)35-16-18-36(19-17-35)39-24-30-42(31-25-39)43(40-26-20-37(21-27-40)33-12-6-2-7-13-33)41-28-22-38(23-29-41)34-14-8-3-9-15-34/h2-3,6-9,12-32H,1,4-5,10-11H2. The van der Waals surface area contributed by atoms with E-state index in [1.807, 2.05) is 0 Å². The highest BCUT2D eigenvalue weighted by Gasteiger charge is 2.16. The Balaban J connectivity index is 1.20. The van der Waals surface area contributed by atoms with Crippen LogP contribution < -0.4 is 4.90 Å². The van der Waals surface area contributed by atoms with Gasteiger partial charge in [-0.05, 0) is 94.1 Å². The molecule has 0 amide bonds. The summed E-state index contributed by atoms with van der Waals surface area (Å²) in [6.45, 7) is 0. The van der Waals surface area contributed by atoms with Crippen LogP contribution in [0.3, 0.4) is 0 Å². The highest BCUT2D eigenvalue weighted by molar-refractivity contribution is 5.81. The molecule has 0 radical (unpaired) electrons. The fourth-order valence-corrected chi connectivity index (χ4v) is 6.50. The molecule has 1 heteroatoms. The zero-order chi connectivity index (χ0) is 28.8. The summed E-state index contributed by atoms with van der Waals surface area (Å²) < 4.78 is 0. The lowest BCUT2D eigenvalue weighted by Gasteiger charge is -2.26. The van der Waals surface area contributed by atoms with Gasteiger partial charge in [-0.25, -0.2) is 0 Å². The van der Waals surface area contributed by atoms with Gasteiger partial charge < -0.3 is 4.90 Å². The number of nitrogens with zero attached hydrogens (tertiary/aromatic N) is 1. The third kappa shape index (κ3) is 6.03. The van der Waals surface area contributed by atoms with Crippen LogP contribution in [-0.2, 0) is 0 Å². The van der Waals surface area contributed by atoms with Gasteiger partial charge >= 0.3 is 0 Å². The van der Waals surface area contributed by atoms with Crippen molar-refractivity contribution in [3.63, 3.8) is 0 Å². The maximum atomic E-state index is 2.36. The Morgan fingerprint density at radius 2 is 0.651 bits per heavy atom. The van der Waals surface area contributed by atoms with Gasteiger partial charge in [-0.15, -0.1) is 0 Å². The lowest BCUT2D eigenvalue weighted by Crippen LogP contribution is -2.09. The largest absolute Gasteiger partial charge is 0.311 e. The lowest BCUT2D eigenvalue weighted by atomic mass is 9.84. The molecule has 43 heavy (non-hydrogen) atoms. The summed E-state index contributed by atoms with van der Waals surface area (Å²) >= 11 is 0. The van der Waals surface area contributed by atoms with Crippen LogP contribution in [0.1, 0.15) is 43.6 Å². The van der Waals surface area contributed by atoms with Crippen molar-refractivity contribution in [3.8, 4) is 33.4 Å². The van der Waals surface area contributed by atoms with Crippen LogP contribution in [-0.4, -0.2) is 0 Å². The van der Waals surface area contributed by atoms with Crippen LogP contribution >= 0.6 is 0 Å². The molecule has 0 heterocycles. The summed E-state index contributed by atoms with van der Waals surface area (Å²) in [4.78, 5) is 2.35. The maximum Gasteiger partial charge on any atom is 0.0462 e. The highest BCUT2D eigenvalue weighted by atomic mass is 15.1. The summed E-state index contributed by atoms with van der Waals surface area (Å²) in [6, 6.07) is 57.3. The summed E-state index contributed by atoms with van der Waals surface area (Å²) in [5, 5.41) is 0. The van der Waals surface area contributed by atoms with Crippen LogP contribution in [0.2, 0.25) is 0 Å². The van der Waals surface area contributed by atoms with Crippen LogP contribution in [0.5, 0.6) is 0 Å². The van der Waals surface area contributed by atoms with Crippen LogP contribution in [0.4, 0.5) is 17.1 Å². The zero-order valence-electron chi connectivity index (χ0n) is 24.6. The smallest absolute Gasteiger partial charge is 0.0462 e. The molecule has 6 aromatic rings. The Labute approximate surface area is 256 Å². The van der Waals surface area contributed by atoms with Gasteiger partial charge in [-0.2, -0.15) is 0 Å². The van der Waals surface area contributed by atoms with Gasteiger partial charge in [0, 0.05) is 17.1 Å². The van der Waals surface area contributed by atoms with E-state index in [1.165, 1.54) is 71.0 Å². The van der Waals surface area contributed by atoms with Crippen molar-refractivity contribution in [2.75, 3.05) is 4.90 Å². The Morgan fingerprint density at radius 3 is 1.02 bits per heavy atom. The number of rotatable bonds is 7. The fourth-order valence-electron chi connectivity index (χ4n) is 6.50. The topological polar surface area (TPSA) is 3.24 Å². The molecule has 0 aromatic heterocycles. The van der Waals surface area contributed by atoms with Crippen LogP contribution in [0.25, 0.3) is 33.4 Å². The molecule has 0 N–H and O–H groups in total. The SMILES string of the molecule is c1ccc(-c2ccc(N(c3ccc(-c4ccccc4)cc3)c3ccc(-c4ccc(C5CCCCC5)cc4)cc3)cc2)cc1. The number of anilines is 3. The molecular formula is C42H37N. The molecule has 1 saturated carbocycles. The first-order valence-corrected chi connectivity index (χ1v) is 15.6. The molecule has 0 bridgehead atoms. The van der Waals surface area contributed by atoms with E-state index >= 15 is 0 Å². The molecule has 0 saturated heterocycles. The summed E-state index contributed by atoms with van der Waals surface area (Å²) in [7, 11) is 0. The van der Waals surface area contributed by atoms with Gasteiger partial charge in [-0.3, -0.25) is 0 Å². The number of hydrogen-bond acceptors (Lipinski definition) is 1. The zero-order valence-corrected chi connectivity index (χ0v) is 24.6. The second-order valence-electron chi connectivity index (χ2n) is 11.7. The average molecular weight is 556 g/mol. The average Bonchev–Trinajstić information content (AvgIpc) is 3.11. The molecule has 6 aromatic carbocycles. The van der Waals surface area contributed by atoms with Gasteiger partial charge in [0.25, 0.3) is 0 Å². The first kappa shape index (κ1) is 27.0. The minimum atomic E-state index is 0.736. The van der Waals surface area contributed by atoms with E-state index in [4.69, 9.17) is 0 Å². The monoisotopic (exact) mass is 555 g/mol. The van der Waals surface area contributed by atoms with Gasteiger partial charge in [0.15, 0.2) is 0 Å². The Bertz CT molecular complexity index is 1650. The molecule has 210 valence electrons. The molecule has 0 atom stereocenters. The van der Waals surface area contributed by atoms with E-state index in [0.717, 1.165) is 23.0 Å². The van der Waals surface area contributed by atoms with Gasteiger partial charge in [0.05, 0.1) is 0 Å². The van der Waals surface area contributed by atoms with Gasteiger partial charge in [-0.1, -0.05) is 141 Å². The van der Waals surface area contributed by atoms with Crippen molar-refractivity contribution in [1.29, 1.82) is 0 Å². The second kappa shape index (κ2) is 12.5. The summed E-state index contributed by atoms with van der Waals surface area (Å²) in [5.74, 6) is 0.736. The number of benzene rings is 6. The van der Waals surface area contributed by atoms with Crippen molar-refractivity contribution in [3.05, 3.63) is 163 Å². The van der Waals surface area contributed by atoms with Crippen molar-refractivity contribution >= 4 is 17.1 Å². The van der Waals surface area contributed by atoms with Crippen LogP contribution in [0.15, 0.2) is 158 Å². The Morgan fingerprint density at radius 1 is 0.326 bits per heavy atom. The Kier molecular flexibility index (Phi) is 7.88. The lowest BCUT2D eigenvalue weighted by molar-refractivity contribution is 0.443. The van der Waals surface area contributed by atoms with E-state index in [9.17, 15) is 0 Å². The molecular weight excluding hydrogens is 518 g/mol. The third-order valence-corrected chi connectivity index (χ3v) is 8.91. The van der Waals surface area contributed by atoms with Crippen molar-refractivity contribution in [2.45, 2.75) is 38.0 Å². The molecule has 7 rings (SSSR count). The third-order valence-electron chi connectivity index (χ3n) is 8.91. The van der Waals surface area contributed by atoms with Crippen molar-refractivity contribution in [1.82, 2.24) is 0 Å². The molecule has 1 aliphatic carbocycles.